The molecule has 2 rings (SSSR count). The first-order valence-electron chi connectivity index (χ1n) is 6.33. The summed E-state index contributed by atoms with van der Waals surface area (Å²) in [5.41, 5.74) is 1.70. The summed E-state index contributed by atoms with van der Waals surface area (Å²) in [6.07, 6.45) is 2.05. The molecule has 1 unspecified atom stereocenters. The normalized spacial score (nSPS) is 20.6. The van der Waals surface area contributed by atoms with E-state index in [1.54, 1.807) is 6.07 Å². The standard InChI is InChI=1S/C13H20N2O2S/c1-11-4-2-6-13(8-11)15-18(16,17)10-12-5-3-7-14-9-12/h2,4,6,8,12,14-15H,3,5,7,9-10H2,1H3. The number of aryl methyl sites for hydroxylation is 1. The van der Waals surface area contributed by atoms with Crippen LogP contribution >= 0.6 is 0 Å². The highest BCUT2D eigenvalue weighted by Crippen LogP contribution is 2.16. The molecule has 1 aliphatic rings. The Morgan fingerprint density at radius 1 is 1.44 bits per heavy atom. The van der Waals surface area contributed by atoms with Gasteiger partial charge < -0.3 is 5.32 Å². The lowest BCUT2D eigenvalue weighted by atomic mass is 10.0. The highest BCUT2D eigenvalue weighted by molar-refractivity contribution is 7.92. The van der Waals surface area contributed by atoms with Gasteiger partial charge in [0.05, 0.1) is 5.75 Å². The first-order chi connectivity index (χ1) is 8.55. The van der Waals surface area contributed by atoms with Crippen LogP contribution in [0, 0.1) is 12.8 Å². The predicted octanol–water partition coefficient (Wildman–Crippen LogP) is 1.74. The molecule has 5 heteroatoms. The average molecular weight is 268 g/mol. The summed E-state index contributed by atoms with van der Waals surface area (Å²) in [7, 11) is -3.24. The highest BCUT2D eigenvalue weighted by atomic mass is 32.2. The van der Waals surface area contributed by atoms with Crippen LogP contribution in [0.3, 0.4) is 0 Å². The molecule has 1 atom stereocenters. The van der Waals surface area contributed by atoms with Crippen molar-refractivity contribution in [1.29, 1.82) is 0 Å². The molecule has 100 valence electrons. The molecule has 0 saturated carbocycles. The topological polar surface area (TPSA) is 58.2 Å². The van der Waals surface area contributed by atoms with Crippen molar-refractivity contribution >= 4 is 15.7 Å². The van der Waals surface area contributed by atoms with Gasteiger partial charge in [0.1, 0.15) is 0 Å². The van der Waals surface area contributed by atoms with Gasteiger partial charge in [-0.25, -0.2) is 8.42 Å². The smallest absolute Gasteiger partial charge is 0.233 e. The number of hydrogen-bond acceptors (Lipinski definition) is 3. The zero-order valence-corrected chi connectivity index (χ0v) is 11.5. The van der Waals surface area contributed by atoms with Gasteiger partial charge in [-0.05, 0) is 56.5 Å². The van der Waals surface area contributed by atoms with Crippen molar-refractivity contribution in [1.82, 2.24) is 5.32 Å². The SMILES string of the molecule is Cc1cccc(NS(=O)(=O)CC2CCCNC2)c1. The van der Waals surface area contributed by atoms with E-state index in [1.807, 2.05) is 25.1 Å². The summed E-state index contributed by atoms with van der Waals surface area (Å²) >= 11 is 0. The number of benzene rings is 1. The van der Waals surface area contributed by atoms with E-state index in [4.69, 9.17) is 0 Å². The largest absolute Gasteiger partial charge is 0.316 e. The Morgan fingerprint density at radius 2 is 2.28 bits per heavy atom. The molecule has 0 amide bonds. The Morgan fingerprint density at radius 3 is 2.94 bits per heavy atom. The molecule has 1 saturated heterocycles. The third-order valence-corrected chi connectivity index (χ3v) is 4.60. The van der Waals surface area contributed by atoms with Crippen LogP contribution in [0.1, 0.15) is 18.4 Å². The molecule has 0 radical (unpaired) electrons. The molecular weight excluding hydrogens is 248 g/mol. The van der Waals surface area contributed by atoms with Crippen molar-refractivity contribution in [3.8, 4) is 0 Å². The summed E-state index contributed by atoms with van der Waals surface area (Å²) in [6, 6.07) is 7.43. The second-order valence-corrected chi connectivity index (χ2v) is 6.73. The lowest BCUT2D eigenvalue weighted by Crippen LogP contribution is -2.35. The number of anilines is 1. The number of hydrogen-bond donors (Lipinski definition) is 2. The van der Waals surface area contributed by atoms with Gasteiger partial charge in [0, 0.05) is 5.69 Å². The van der Waals surface area contributed by atoms with E-state index in [-0.39, 0.29) is 11.7 Å². The van der Waals surface area contributed by atoms with Crippen LogP contribution in [0.5, 0.6) is 0 Å². The number of rotatable bonds is 4. The third kappa shape index (κ3) is 3.99. The van der Waals surface area contributed by atoms with Gasteiger partial charge in [0.15, 0.2) is 0 Å². The van der Waals surface area contributed by atoms with Gasteiger partial charge in [-0.15, -0.1) is 0 Å². The summed E-state index contributed by atoms with van der Waals surface area (Å²) in [5, 5.41) is 3.24. The van der Waals surface area contributed by atoms with Crippen molar-refractivity contribution in [2.75, 3.05) is 23.6 Å². The maximum atomic E-state index is 12.0. The Balaban J connectivity index is 1.98. The average Bonchev–Trinajstić information content (AvgIpc) is 2.28. The summed E-state index contributed by atoms with van der Waals surface area (Å²) in [5.74, 6) is 0.426. The summed E-state index contributed by atoms with van der Waals surface area (Å²) < 4.78 is 26.7. The Bertz CT molecular complexity index is 493. The van der Waals surface area contributed by atoms with Gasteiger partial charge in [-0.2, -0.15) is 0 Å². The second-order valence-electron chi connectivity index (χ2n) is 4.97. The Hall–Kier alpha value is -1.07. The van der Waals surface area contributed by atoms with Gasteiger partial charge in [0.25, 0.3) is 0 Å². The van der Waals surface area contributed by atoms with Crippen molar-refractivity contribution < 1.29 is 8.42 Å². The van der Waals surface area contributed by atoms with Crippen molar-refractivity contribution in [3.05, 3.63) is 29.8 Å². The van der Waals surface area contributed by atoms with E-state index in [9.17, 15) is 8.42 Å². The highest BCUT2D eigenvalue weighted by Gasteiger charge is 2.21. The molecule has 18 heavy (non-hydrogen) atoms. The van der Waals surface area contributed by atoms with Crippen LogP contribution in [-0.2, 0) is 10.0 Å². The second kappa shape index (κ2) is 5.71. The van der Waals surface area contributed by atoms with Crippen LogP contribution in [0.25, 0.3) is 0 Å². The van der Waals surface area contributed by atoms with E-state index >= 15 is 0 Å². The van der Waals surface area contributed by atoms with E-state index < -0.39 is 10.0 Å². The molecule has 1 aliphatic heterocycles. The quantitative estimate of drug-likeness (QED) is 0.874. The minimum absolute atomic E-state index is 0.202. The maximum Gasteiger partial charge on any atom is 0.233 e. The lowest BCUT2D eigenvalue weighted by Gasteiger charge is -2.22. The zero-order chi connectivity index (χ0) is 13.0. The number of piperidine rings is 1. The summed E-state index contributed by atoms with van der Waals surface area (Å²) in [4.78, 5) is 0. The van der Waals surface area contributed by atoms with Crippen molar-refractivity contribution in [3.63, 3.8) is 0 Å². The van der Waals surface area contributed by atoms with Crippen molar-refractivity contribution in [2.24, 2.45) is 5.92 Å². The van der Waals surface area contributed by atoms with Crippen LogP contribution in [-0.4, -0.2) is 27.3 Å². The minimum Gasteiger partial charge on any atom is -0.316 e. The Labute approximate surface area is 109 Å². The Kier molecular flexibility index (Phi) is 4.24. The van der Waals surface area contributed by atoms with Crippen LogP contribution in [0.15, 0.2) is 24.3 Å². The lowest BCUT2D eigenvalue weighted by molar-refractivity contribution is 0.404. The summed E-state index contributed by atoms with van der Waals surface area (Å²) in [6.45, 7) is 3.75. The first-order valence-corrected chi connectivity index (χ1v) is 7.98. The molecule has 1 aromatic carbocycles. The molecule has 1 heterocycles. The predicted molar refractivity (Wildman–Crippen MR) is 74.2 cm³/mol. The van der Waals surface area contributed by atoms with Gasteiger partial charge in [0.2, 0.25) is 10.0 Å². The fourth-order valence-electron chi connectivity index (χ4n) is 2.31. The van der Waals surface area contributed by atoms with E-state index in [0.717, 1.165) is 31.5 Å². The van der Waals surface area contributed by atoms with E-state index in [0.29, 0.717) is 5.69 Å². The fraction of sp³-hybridized carbons (Fsp3) is 0.538. The van der Waals surface area contributed by atoms with Gasteiger partial charge >= 0.3 is 0 Å². The van der Waals surface area contributed by atoms with Gasteiger partial charge in [-0.3, -0.25) is 4.72 Å². The van der Waals surface area contributed by atoms with Crippen LogP contribution in [0.4, 0.5) is 5.69 Å². The minimum atomic E-state index is -3.24. The zero-order valence-electron chi connectivity index (χ0n) is 10.6. The molecular formula is C13H20N2O2S. The molecule has 0 aromatic heterocycles. The molecule has 0 spiro atoms. The third-order valence-electron chi connectivity index (χ3n) is 3.15. The van der Waals surface area contributed by atoms with Crippen LogP contribution < -0.4 is 10.0 Å². The van der Waals surface area contributed by atoms with E-state index in [1.165, 1.54) is 0 Å². The molecule has 0 bridgehead atoms. The number of sulfonamides is 1. The van der Waals surface area contributed by atoms with Gasteiger partial charge in [-0.1, -0.05) is 12.1 Å². The molecule has 1 aromatic rings. The number of nitrogens with one attached hydrogen (secondary N) is 2. The van der Waals surface area contributed by atoms with Crippen molar-refractivity contribution in [2.45, 2.75) is 19.8 Å². The molecule has 1 fully saturated rings. The first kappa shape index (κ1) is 13.4. The van der Waals surface area contributed by atoms with Crippen LogP contribution in [0.2, 0.25) is 0 Å². The monoisotopic (exact) mass is 268 g/mol. The fourth-order valence-corrected chi connectivity index (χ4v) is 3.78. The molecule has 4 nitrogen and oxygen atoms in total. The van der Waals surface area contributed by atoms with E-state index in [2.05, 4.69) is 10.0 Å². The maximum absolute atomic E-state index is 12.0. The molecule has 2 N–H and O–H groups in total. The molecule has 0 aliphatic carbocycles.